The average Bonchev–Trinajstić information content (AvgIpc) is 2.91. The van der Waals surface area contributed by atoms with E-state index in [1.807, 2.05) is 90.1 Å². The molecule has 0 aliphatic heterocycles. The van der Waals surface area contributed by atoms with Gasteiger partial charge in [-0.2, -0.15) is 0 Å². The maximum atomic E-state index is 14.7. The fourth-order valence-corrected chi connectivity index (χ4v) is 5.04. The van der Waals surface area contributed by atoms with Gasteiger partial charge in [-0.3, -0.25) is 9.59 Å². The second-order valence-electron chi connectivity index (χ2n) is 15.0. The third kappa shape index (κ3) is 11.8. The van der Waals surface area contributed by atoms with Crippen LogP contribution >= 0.6 is 0 Å². The fraction of sp³-hybridized carbons (Fsp3) is 0.568. The molecule has 0 radical (unpaired) electrons. The Morgan fingerprint density at radius 2 is 1.39 bits per heavy atom. The Balaban J connectivity index is 2.67. The quantitative estimate of drug-likeness (QED) is 0.266. The fourth-order valence-electron chi connectivity index (χ4n) is 5.04. The number of carbonyl (C=O) groups is 4. The number of hydrogen-bond donors (Lipinski definition) is 2. The highest BCUT2D eigenvalue weighted by molar-refractivity contribution is 5.94. The molecule has 0 aliphatic carbocycles. The summed E-state index contributed by atoms with van der Waals surface area (Å²) in [6.07, 6.45) is 0.0641. The van der Waals surface area contributed by atoms with Gasteiger partial charge in [-0.1, -0.05) is 80.4 Å². The molecule has 0 fully saturated rings. The molecule has 0 heterocycles. The number of benzene rings is 2. The van der Waals surface area contributed by atoms with Gasteiger partial charge < -0.3 is 25.0 Å². The van der Waals surface area contributed by atoms with Crippen LogP contribution in [0.5, 0.6) is 0 Å². The smallest absolute Gasteiger partial charge is 0.408 e. The van der Waals surface area contributed by atoms with E-state index in [-0.39, 0.29) is 12.3 Å². The topological polar surface area (TPSA) is 114 Å². The molecule has 0 saturated heterocycles. The lowest BCUT2D eigenvalue weighted by molar-refractivity contribution is -0.159. The lowest BCUT2D eigenvalue weighted by Crippen LogP contribution is -2.61. The van der Waals surface area contributed by atoms with E-state index < -0.39 is 58.7 Å². The molecule has 0 aromatic heterocycles. The number of alkyl carbamates (subject to hydrolysis) is 1. The summed E-state index contributed by atoms with van der Waals surface area (Å²) in [4.78, 5) is 57.2. The second kappa shape index (κ2) is 15.6. The van der Waals surface area contributed by atoms with Gasteiger partial charge in [-0.25, -0.2) is 9.59 Å². The molecular weight excluding hydrogens is 582 g/mol. The van der Waals surface area contributed by atoms with E-state index in [0.29, 0.717) is 12.0 Å². The Morgan fingerprint density at radius 3 is 1.89 bits per heavy atom. The number of rotatable bonds is 11. The van der Waals surface area contributed by atoms with Gasteiger partial charge in [0.05, 0.1) is 0 Å². The summed E-state index contributed by atoms with van der Waals surface area (Å²) < 4.78 is 11.2. The zero-order chi connectivity index (χ0) is 35.0. The highest BCUT2D eigenvalue weighted by Gasteiger charge is 2.44. The predicted molar refractivity (Wildman–Crippen MR) is 181 cm³/mol. The highest BCUT2D eigenvalue weighted by Crippen LogP contribution is 2.32. The van der Waals surface area contributed by atoms with E-state index in [0.717, 1.165) is 11.1 Å². The molecule has 9 nitrogen and oxygen atoms in total. The van der Waals surface area contributed by atoms with Crippen LogP contribution in [0.15, 0.2) is 54.6 Å². The van der Waals surface area contributed by atoms with Crippen molar-refractivity contribution < 1.29 is 28.7 Å². The Labute approximate surface area is 275 Å². The molecule has 0 aliphatic rings. The molecule has 0 saturated carbocycles. The molecule has 2 rings (SSSR count). The van der Waals surface area contributed by atoms with Crippen molar-refractivity contribution in [3.63, 3.8) is 0 Å². The molecule has 0 bridgehead atoms. The molecule has 2 aromatic carbocycles. The van der Waals surface area contributed by atoms with Gasteiger partial charge in [-0.05, 0) is 86.3 Å². The zero-order valence-electron chi connectivity index (χ0n) is 29.8. The van der Waals surface area contributed by atoms with Crippen LogP contribution in [-0.4, -0.2) is 57.6 Å². The zero-order valence-corrected chi connectivity index (χ0v) is 29.8. The minimum Gasteiger partial charge on any atom is -0.458 e. The molecule has 2 aromatic rings. The first kappa shape index (κ1) is 38.3. The number of carbonyl (C=O) groups excluding carboxylic acids is 4. The van der Waals surface area contributed by atoms with Crippen molar-refractivity contribution in [3.8, 4) is 0 Å². The number of aryl methyl sites for hydroxylation is 1. The van der Waals surface area contributed by atoms with Crippen LogP contribution in [0.2, 0.25) is 0 Å². The van der Waals surface area contributed by atoms with Gasteiger partial charge in [0.1, 0.15) is 29.3 Å². The summed E-state index contributed by atoms with van der Waals surface area (Å²) >= 11 is 0. The van der Waals surface area contributed by atoms with E-state index in [4.69, 9.17) is 9.47 Å². The van der Waals surface area contributed by atoms with Crippen molar-refractivity contribution in [2.45, 2.75) is 131 Å². The van der Waals surface area contributed by atoms with E-state index >= 15 is 0 Å². The highest BCUT2D eigenvalue weighted by atomic mass is 16.6. The minimum absolute atomic E-state index is 0.196. The van der Waals surface area contributed by atoms with Crippen LogP contribution in [-0.2, 0) is 30.3 Å². The summed E-state index contributed by atoms with van der Waals surface area (Å²) in [7, 11) is 0. The van der Waals surface area contributed by atoms with Crippen LogP contribution in [0, 0.1) is 12.8 Å². The number of hydrogen-bond acceptors (Lipinski definition) is 6. The first-order chi connectivity index (χ1) is 21.1. The van der Waals surface area contributed by atoms with E-state index in [2.05, 4.69) is 10.6 Å². The lowest BCUT2D eigenvalue weighted by Gasteiger charge is -2.44. The third-order valence-electron chi connectivity index (χ3n) is 7.27. The van der Waals surface area contributed by atoms with E-state index in [1.54, 1.807) is 47.6 Å². The molecule has 3 amide bonds. The SMILES string of the molecule is CCC(C)C(NC(=O)OC(C)(C)C)C(=O)N(C(C(=O)NC(Cc1ccccc1)C(=O)OC(C)(C)C)c1cccc(C)c1)C(C)(C)C. The van der Waals surface area contributed by atoms with Crippen LogP contribution in [0.25, 0.3) is 0 Å². The largest absolute Gasteiger partial charge is 0.458 e. The summed E-state index contributed by atoms with van der Waals surface area (Å²) in [5.74, 6) is -1.84. The van der Waals surface area contributed by atoms with Gasteiger partial charge in [-0.15, -0.1) is 0 Å². The summed E-state index contributed by atoms with van der Waals surface area (Å²) in [5.41, 5.74) is -0.121. The van der Waals surface area contributed by atoms with Gasteiger partial charge >= 0.3 is 12.1 Å². The van der Waals surface area contributed by atoms with E-state index in [1.165, 1.54) is 4.90 Å². The van der Waals surface area contributed by atoms with Crippen molar-refractivity contribution in [1.82, 2.24) is 15.5 Å². The third-order valence-corrected chi connectivity index (χ3v) is 7.27. The van der Waals surface area contributed by atoms with Crippen molar-refractivity contribution in [2.75, 3.05) is 0 Å². The van der Waals surface area contributed by atoms with Crippen molar-refractivity contribution in [1.29, 1.82) is 0 Å². The average molecular weight is 638 g/mol. The molecule has 4 unspecified atom stereocenters. The number of nitrogens with one attached hydrogen (secondary N) is 2. The van der Waals surface area contributed by atoms with Gasteiger partial charge in [0.15, 0.2) is 0 Å². The normalized spacial score (nSPS) is 14.7. The monoisotopic (exact) mass is 637 g/mol. The lowest BCUT2D eigenvalue weighted by atomic mass is 9.91. The second-order valence-corrected chi connectivity index (χ2v) is 15.0. The number of esters is 1. The van der Waals surface area contributed by atoms with Crippen LogP contribution in [0.4, 0.5) is 4.79 Å². The van der Waals surface area contributed by atoms with Gasteiger partial charge in [0.25, 0.3) is 0 Å². The Morgan fingerprint density at radius 1 is 0.804 bits per heavy atom. The maximum absolute atomic E-state index is 14.7. The number of nitrogens with zero attached hydrogens (tertiary/aromatic N) is 1. The molecule has 9 heteroatoms. The first-order valence-corrected chi connectivity index (χ1v) is 16.1. The predicted octanol–water partition coefficient (Wildman–Crippen LogP) is 6.67. The Kier molecular flexibility index (Phi) is 13.0. The molecule has 4 atom stereocenters. The van der Waals surface area contributed by atoms with Crippen LogP contribution in [0.1, 0.15) is 105 Å². The maximum Gasteiger partial charge on any atom is 0.408 e. The molecule has 46 heavy (non-hydrogen) atoms. The Hall–Kier alpha value is -3.88. The summed E-state index contributed by atoms with van der Waals surface area (Å²) in [6, 6.07) is 13.6. The molecule has 0 spiro atoms. The van der Waals surface area contributed by atoms with Crippen molar-refractivity contribution in [3.05, 3.63) is 71.3 Å². The number of amides is 3. The summed E-state index contributed by atoms with van der Waals surface area (Å²) in [5, 5.41) is 5.74. The van der Waals surface area contributed by atoms with Crippen molar-refractivity contribution >= 4 is 23.9 Å². The molecular formula is C37H55N3O6. The molecule has 254 valence electrons. The van der Waals surface area contributed by atoms with Gasteiger partial charge in [0.2, 0.25) is 11.8 Å². The summed E-state index contributed by atoms with van der Waals surface area (Å²) in [6.45, 7) is 21.8. The Bertz CT molecular complexity index is 1340. The van der Waals surface area contributed by atoms with Crippen LogP contribution in [0.3, 0.4) is 0 Å². The number of ether oxygens (including phenoxy) is 2. The van der Waals surface area contributed by atoms with Gasteiger partial charge in [0, 0.05) is 12.0 Å². The first-order valence-electron chi connectivity index (χ1n) is 16.1. The minimum atomic E-state index is -1.14. The van der Waals surface area contributed by atoms with Crippen molar-refractivity contribution in [2.24, 2.45) is 5.92 Å². The van der Waals surface area contributed by atoms with E-state index in [9.17, 15) is 19.2 Å². The molecule has 2 N–H and O–H groups in total. The van der Waals surface area contributed by atoms with Crippen LogP contribution < -0.4 is 10.6 Å². The standard InChI is InChI=1S/C37H55N3O6/c1-13-25(3)29(39-34(44)46-37(10,11)12)32(42)40(35(4,5)6)30(27-21-17-18-24(2)22-27)31(41)38-28(33(43)45-36(7,8)9)23-26-19-15-14-16-20-26/h14-22,25,28-30H,13,23H2,1-12H3,(H,38,41)(H,39,44).